The van der Waals surface area contributed by atoms with Crippen molar-refractivity contribution in [2.24, 2.45) is 5.10 Å². The Morgan fingerprint density at radius 3 is 2.90 bits per heavy atom. The van der Waals surface area contributed by atoms with E-state index < -0.39 is 0 Å². The summed E-state index contributed by atoms with van der Waals surface area (Å²) in [5, 5.41) is 26.4. The number of nitrogens with one attached hydrogen (secondary N) is 1. The van der Waals surface area contributed by atoms with E-state index in [1.807, 2.05) is 6.92 Å². The summed E-state index contributed by atoms with van der Waals surface area (Å²) >= 11 is 0. The molecule has 0 saturated carbocycles. The molecular weight excluding hydrogens is 260 g/mol. The number of aromatic nitrogens is 2. The largest absolute Gasteiger partial charge is 0.508 e. The van der Waals surface area contributed by atoms with Gasteiger partial charge in [-0.3, -0.25) is 9.48 Å². The van der Waals surface area contributed by atoms with Crippen LogP contribution < -0.4 is 5.43 Å². The van der Waals surface area contributed by atoms with Crippen LogP contribution in [0, 0.1) is 6.92 Å². The zero-order valence-electron chi connectivity index (χ0n) is 10.8. The molecule has 20 heavy (non-hydrogen) atoms. The number of phenols is 2. The number of aryl methyl sites for hydroxylation is 1. The number of phenolic OH excluding ortho intramolecular Hbond substituents is 2. The van der Waals surface area contributed by atoms with Crippen molar-refractivity contribution in [3.8, 4) is 11.5 Å². The topological polar surface area (TPSA) is 99.7 Å². The number of benzene rings is 1. The molecule has 2 aromatic rings. The molecule has 0 saturated heterocycles. The molecule has 1 aromatic carbocycles. The lowest BCUT2D eigenvalue weighted by molar-refractivity contribution is -0.121. The zero-order chi connectivity index (χ0) is 14.5. The van der Waals surface area contributed by atoms with E-state index in [-0.39, 0.29) is 24.0 Å². The second-order valence-electron chi connectivity index (χ2n) is 4.17. The van der Waals surface area contributed by atoms with Gasteiger partial charge >= 0.3 is 0 Å². The first kappa shape index (κ1) is 13.6. The Bertz CT molecular complexity index is 649. The standard InChI is InChI=1S/C13H14N4O3/c1-9-4-5-15-17(9)8-13(20)16-14-7-10-2-3-11(18)6-12(10)19/h2-7,18-19H,8H2,1H3,(H,16,20)/b14-7-. The fourth-order valence-corrected chi connectivity index (χ4v) is 1.55. The Morgan fingerprint density at radius 2 is 2.25 bits per heavy atom. The molecule has 7 nitrogen and oxygen atoms in total. The number of aromatic hydroxyl groups is 2. The number of carbonyl (C=O) groups excluding carboxylic acids is 1. The maximum Gasteiger partial charge on any atom is 0.261 e. The molecule has 7 heteroatoms. The van der Waals surface area contributed by atoms with Crippen LogP contribution in [0.2, 0.25) is 0 Å². The molecule has 0 atom stereocenters. The number of nitrogens with zero attached hydrogens (tertiary/aromatic N) is 3. The number of hydrogen-bond donors (Lipinski definition) is 3. The minimum atomic E-state index is -0.327. The van der Waals surface area contributed by atoms with Crippen molar-refractivity contribution >= 4 is 12.1 Å². The van der Waals surface area contributed by atoms with E-state index in [0.717, 1.165) is 5.69 Å². The van der Waals surface area contributed by atoms with Gasteiger partial charge in [0, 0.05) is 23.5 Å². The fraction of sp³-hybridized carbons (Fsp3) is 0.154. The van der Waals surface area contributed by atoms with Gasteiger partial charge in [-0.25, -0.2) is 5.43 Å². The highest BCUT2D eigenvalue weighted by Crippen LogP contribution is 2.20. The van der Waals surface area contributed by atoms with E-state index in [1.165, 1.54) is 24.4 Å². The summed E-state index contributed by atoms with van der Waals surface area (Å²) in [6.45, 7) is 1.91. The van der Waals surface area contributed by atoms with Gasteiger partial charge in [-0.2, -0.15) is 10.2 Å². The van der Waals surface area contributed by atoms with Gasteiger partial charge in [0.05, 0.1) is 6.21 Å². The average molecular weight is 274 g/mol. The quantitative estimate of drug-likeness (QED) is 0.566. The van der Waals surface area contributed by atoms with Gasteiger partial charge in [0.2, 0.25) is 0 Å². The number of carbonyl (C=O) groups is 1. The first-order valence-corrected chi connectivity index (χ1v) is 5.88. The molecule has 1 heterocycles. The zero-order valence-corrected chi connectivity index (χ0v) is 10.8. The third-order valence-corrected chi connectivity index (χ3v) is 2.63. The van der Waals surface area contributed by atoms with Gasteiger partial charge in [0.15, 0.2) is 0 Å². The van der Waals surface area contributed by atoms with E-state index in [1.54, 1.807) is 16.9 Å². The third kappa shape index (κ3) is 3.35. The van der Waals surface area contributed by atoms with Crippen LogP contribution in [0.5, 0.6) is 11.5 Å². The summed E-state index contributed by atoms with van der Waals surface area (Å²) in [6.07, 6.45) is 2.91. The maximum atomic E-state index is 11.6. The predicted octanol–water partition coefficient (Wildman–Crippen LogP) is 0.753. The van der Waals surface area contributed by atoms with E-state index in [2.05, 4.69) is 15.6 Å². The highest BCUT2D eigenvalue weighted by molar-refractivity contribution is 5.85. The second kappa shape index (κ2) is 5.87. The number of rotatable bonds is 4. The molecular formula is C13H14N4O3. The fourth-order valence-electron chi connectivity index (χ4n) is 1.55. The summed E-state index contributed by atoms with van der Waals surface area (Å²) in [7, 11) is 0. The number of hydrogen-bond acceptors (Lipinski definition) is 5. The Morgan fingerprint density at radius 1 is 1.45 bits per heavy atom. The molecule has 0 radical (unpaired) electrons. The van der Waals surface area contributed by atoms with Crippen molar-refractivity contribution in [1.29, 1.82) is 0 Å². The molecule has 104 valence electrons. The van der Waals surface area contributed by atoms with Gasteiger partial charge in [-0.15, -0.1) is 0 Å². The van der Waals surface area contributed by atoms with Crippen molar-refractivity contribution in [3.63, 3.8) is 0 Å². The maximum absolute atomic E-state index is 11.6. The second-order valence-corrected chi connectivity index (χ2v) is 4.17. The Hall–Kier alpha value is -2.83. The molecule has 2 rings (SSSR count). The van der Waals surface area contributed by atoms with E-state index in [4.69, 9.17) is 5.11 Å². The van der Waals surface area contributed by atoms with E-state index in [0.29, 0.717) is 5.56 Å². The molecule has 0 aliphatic carbocycles. The van der Waals surface area contributed by atoms with Crippen molar-refractivity contribution < 1.29 is 15.0 Å². The molecule has 0 aliphatic heterocycles. The SMILES string of the molecule is Cc1ccnn1CC(=O)N/N=C\c1ccc(O)cc1O. The lowest BCUT2D eigenvalue weighted by atomic mass is 10.2. The number of amides is 1. The smallest absolute Gasteiger partial charge is 0.261 e. The Balaban J connectivity index is 1.93. The highest BCUT2D eigenvalue weighted by Gasteiger charge is 2.04. The molecule has 0 fully saturated rings. The summed E-state index contributed by atoms with van der Waals surface area (Å²) in [6, 6.07) is 5.88. The van der Waals surface area contributed by atoms with E-state index in [9.17, 15) is 9.90 Å². The molecule has 1 amide bonds. The van der Waals surface area contributed by atoms with Crippen molar-refractivity contribution in [2.45, 2.75) is 13.5 Å². The lowest BCUT2D eigenvalue weighted by Gasteiger charge is -2.03. The van der Waals surface area contributed by atoms with Crippen LogP contribution in [-0.4, -0.2) is 32.1 Å². The van der Waals surface area contributed by atoms with Gasteiger partial charge in [0.1, 0.15) is 18.0 Å². The molecule has 3 N–H and O–H groups in total. The highest BCUT2D eigenvalue weighted by atomic mass is 16.3. The van der Waals surface area contributed by atoms with Crippen molar-refractivity contribution in [3.05, 3.63) is 41.7 Å². The van der Waals surface area contributed by atoms with Gasteiger partial charge in [0.25, 0.3) is 5.91 Å². The predicted molar refractivity (Wildman–Crippen MR) is 72.5 cm³/mol. The summed E-state index contributed by atoms with van der Waals surface area (Å²) in [5.41, 5.74) is 3.60. The van der Waals surface area contributed by atoms with Crippen molar-refractivity contribution in [2.75, 3.05) is 0 Å². The Kier molecular flexibility index (Phi) is 3.99. The number of hydrazone groups is 1. The van der Waals surface area contributed by atoms with Crippen LogP contribution in [-0.2, 0) is 11.3 Å². The minimum Gasteiger partial charge on any atom is -0.508 e. The van der Waals surface area contributed by atoms with E-state index >= 15 is 0 Å². The summed E-state index contributed by atoms with van der Waals surface area (Å²) in [5.74, 6) is -0.491. The molecule has 0 bridgehead atoms. The molecule has 0 aliphatic rings. The molecule has 0 spiro atoms. The van der Waals surface area contributed by atoms with Crippen LogP contribution in [0.25, 0.3) is 0 Å². The minimum absolute atomic E-state index is 0.0437. The van der Waals surface area contributed by atoms with Crippen LogP contribution in [0.3, 0.4) is 0 Å². The normalized spacial score (nSPS) is 10.8. The van der Waals surface area contributed by atoms with Gasteiger partial charge in [-0.05, 0) is 25.1 Å². The van der Waals surface area contributed by atoms with Gasteiger partial charge < -0.3 is 10.2 Å². The van der Waals surface area contributed by atoms with Crippen LogP contribution >= 0.6 is 0 Å². The van der Waals surface area contributed by atoms with Crippen molar-refractivity contribution in [1.82, 2.24) is 15.2 Å². The molecule has 1 aromatic heterocycles. The Labute approximate surface area is 115 Å². The monoisotopic (exact) mass is 274 g/mol. The average Bonchev–Trinajstić information content (AvgIpc) is 2.78. The summed E-state index contributed by atoms with van der Waals surface area (Å²) < 4.78 is 1.54. The first-order chi connectivity index (χ1) is 9.56. The first-order valence-electron chi connectivity index (χ1n) is 5.88. The van der Waals surface area contributed by atoms with Crippen LogP contribution in [0.1, 0.15) is 11.3 Å². The third-order valence-electron chi connectivity index (χ3n) is 2.63. The molecule has 0 unspecified atom stereocenters. The lowest BCUT2D eigenvalue weighted by Crippen LogP contribution is -2.24. The summed E-state index contributed by atoms with van der Waals surface area (Å²) in [4.78, 5) is 11.6. The van der Waals surface area contributed by atoms with Crippen LogP contribution in [0.4, 0.5) is 0 Å². The van der Waals surface area contributed by atoms with Gasteiger partial charge in [-0.1, -0.05) is 0 Å². The van der Waals surface area contributed by atoms with Crippen LogP contribution in [0.15, 0.2) is 35.6 Å².